The van der Waals surface area contributed by atoms with Crippen LogP contribution in [0.25, 0.3) is 0 Å². The minimum Gasteiger partial charge on any atom is -0.349 e. The lowest BCUT2D eigenvalue weighted by Crippen LogP contribution is -2.40. The highest BCUT2D eigenvalue weighted by Gasteiger charge is 2.28. The van der Waals surface area contributed by atoms with Gasteiger partial charge in [0.25, 0.3) is 5.56 Å². The number of hydrogen-bond acceptors (Lipinski definition) is 4. The maximum Gasteiger partial charge on any atom is 0.332 e. The molecule has 0 spiro atoms. The first-order valence-electron chi connectivity index (χ1n) is 5.25. The Bertz CT molecular complexity index is 543. The first-order chi connectivity index (χ1) is 7.49. The first kappa shape index (κ1) is 10.8. The van der Waals surface area contributed by atoms with E-state index in [4.69, 9.17) is 0 Å². The zero-order valence-corrected chi connectivity index (χ0v) is 10.0. The number of aromatic nitrogens is 2. The summed E-state index contributed by atoms with van der Waals surface area (Å²) in [5, 5.41) is 0. The largest absolute Gasteiger partial charge is 0.349 e. The molecule has 1 aromatic rings. The summed E-state index contributed by atoms with van der Waals surface area (Å²) in [6, 6.07) is 0. The SMILES string of the molecule is CCn1c(=O)c2c(n(C)c1=O)N(C)CN2C. The smallest absolute Gasteiger partial charge is 0.332 e. The number of nitrogens with zero attached hydrogens (tertiary/aromatic N) is 4. The number of hydrogen-bond donors (Lipinski definition) is 0. The summed E-state index contributed by atoms with van der Waals surface area (Å²) < 4.78 is 2.79. The second-order valence-corrected chi connectivity index (χ2v) is 4.10. The minimum absolute atomic E-state index is 0.201. The predicted molar refractivity (Wildman–Crippen MR) is 63.3 cm³/mol. The van der Waals surface area contributed by atoms with Gasteiger partial charge in [-0.25, -0.2) is 4.79 Å². The van der Waals surface area contributed by atoms with E-state index >= 15 is 0 Å². The fourth-order valence-corrected chi connectivity index (χ4v) is 2.25. The van der Waals surface area contributed by atoms with Gasteiger partial charge in [-0.3, -0.25) is 13.9 Å². The van der Waals surface area contributed by atoms with Gasteiger partial charge in [-0.05, 0) is 6.92 Å². The van der Waals surface area contributed by atoms with E-state index in [9.17, 15) is 9.59 Å². The van der Waals surface area contributed by atoms with Crippen LogP contribution in [0.3, 0.4) is 0 Å². The van der Waals surface area contributed by atoms with Gasteiger partial charge >= 0.3 is 5.69 Å². The average Bonchev–Trinajstić information content (AvgIpc) is 2.52. The van der Waals surface area contributed by atoms with Crippen LogP contribution in [0.5, 0.6) is 0 Å². The van der Waals surface area contributed by atoms with Crippen LogP contribution < -0.4 is 21.0 Å². The van der Waals surface area contributed by atoms with Crippen LogP contribution in [-0.2, 0) is 13.6 Å². The van der Waals surface area contributed by atoms with E-state index in [1.807, 2.05) is 23.9 Å². The van der Waals surface area contributed by atoms with Gasteiger partial charge in [0.15, 0.2) is 0 Å². The van der Waals surface area contributed by atoms with Gasteiger partial charge in [-0.2, -0.15) is 0 Å². The molecule has 0 amide bonds. The van der Waals surface area contributed by atoms with Crippen molar-refractivity contribution in [2.24, 2.45) is 7.05 Å². The number of rotatable bonds is 1. The normalized spacial score (nSPS) is 14.5. The van der Waals surface area contributed by atoms with Crippen molar-refractivity contribution in [2.75, 3.05) is 30.6 Å². The molecule has 0 saturated heterocycles. The summed E-state index contributed by atoms with van der Waals surface area (Å²) in [7, 11) is 5.42. The molecule has 0 saturated carbocycles. The van der Waals surface area contributed by atoms with Gasteiger partial charge in [0.1, 0.15) is 11.5 Å². The van der Waals surface area contributed by atoms with Gasteiger partial charge in [0.05, 0.1) is 6.67 Å². The van der Waals surface area contributed by atoms with Crippen molar-refractivity contribution in [1.82, 2.24) is 9.13 Å². The molecule has 0 unspecified atom stereocenters. The Morgan fingerprint density at radius 2 is 1.75 bits per heavy atom. The summed E-state index contributed by atoms with van der Waals surface area (Å²) in [6.45, 7) is 2.83. The molecule has 1 aliphatic rings. The van der Waals surface area contributed by atoms with E-state index < -0.39 is 0 Å². The first-order valence-corrected chi connectivity index (χ1v) is 5.25. The van der Waals surface area contributed by atoms with E-state index in [-0.39, 0.29) is 11.2 Å². The molecule has 0 atom stereocenters. The lowest BCUT2D eigenvalue weighted by atomic mass is 10.4. The van der Waals surface area contributed by atoms with Gasteiger partial charge in [0, 0.05) is 27.7 Å². The molecule has 0 aliphatic carbocycles. The van der Waals surface area contributed by atoms with Crippen LogP contribution in [0.1, 0.15) is 6.92 Å². The fourth-order valence-electron chi connectivity index (χ4n) is 2.25. The van der Waals surface area contributed by atoms with E-state index in [0.717, 1.165) is 0 Å². The highest BCUT2D eigenvalue weighted by molar-refractivity contribution is 5.71. The third kappa shape index (κ3) is 1.19. The predicted octanol–water partition coefficient (Wildman–Crippen LogP) is -0.590. The van der Waals surface area contributed by atoms with Crippen molar-refractivity contribution in [2.45, 2.75) is 13.5 Å². The lowest BCUT2D eigenvalue weighted by Gasteiger charge is -2.14. The topological polar surface area (TPSA) is 50.5 Å². The molecule has 0 N–H and O–H groups in total. The van der Waals surface area contributed by atoms with Crippen molar-refractivity contribution in [3.8, 4) is 0 Å². The Morgan fingerprint density at radius 1 is 1.12 bits per heavy atom. The molecule has 88 valence electrons. The van der Waals surface area contributed by atoms with Gasteiger partial charge in [0.2, 0.25) is 0 Å². The molecule has 6 nitrogen and oxygen atoms in total. The van der Waals surface area contributed by atoms with Gasteiger partial charge < -0.3 is 9.80 Å². The van der Waals surface area contributed by atoms with Crippen molar-refractivity contribution in [3.63, 3.8) is 0 Å². The summed E-state index contributed by atoms with van der Waals surface area (Å²) in [5.41, 5.74) is 0.146. The van der Waals surface area contributed by atoms with Crippen molar-refractivity contribution < 1.29 is 0 Å². The Hall–Kier alpha value is -1.72. The molecule has 0 aromatic carbocycles. The molecule has 0 radical (unpaired) electrons. The molecule has 6 heteroatoms. The van der Waals surface area contributed by atoms with E-state index in [0.29, 0.717) is 24.7 Å². The summed E-state index contributed by atoms with van der Waals surface area (Å²) in [5.74, 6) is 0.696. The molecule has 1 aromatic heterocycles. The summed E-state index contributed by atoms with van der Waals surface area (Å²) >= 11 is 0. The second kappa shape index (κ2) is 3.40. The fraction of sp³-hybridized carbons (Fsp3) is 0.600. The summed E-state index contributed by atoms with van der Waals surface area (Å²) in [4.78, 5) is 27.8. The zero-order valence-electron chi connectivity index (χ0n) is 10.0. The van der Waals surface area contributed by atoms with E-state index in [1.54, 1.807) is 14.0 Å². The highest BCUT2D eigenvalue weighted by Crippen LogP contribution is 2.28. The second-order valence-electron chi connectivity index (χ2n) is 4.10. The zero-order chi connectivity index (χ0) is 12.0. The maximum absolute atomic E-state index is 12.1. The molecule has 0 bridgehead atoms. The average molecular weight is 224 g/mol. The molecule has 1 aliphatic heterocycles. The monoisotopic (exact) mass is 224 g/mol. The van der Waals surface area contributed by atoms with Crippen molar-refractivity contribution in [3.05, 3.63) is 20.8 Å². The molecular weight excluding hydrogens is 208 g/mol. The third-order valence-corrected chi connectivity index (χ3v) is 2.98. The quantitative estimate of drug-likeness (QED) is 0.640. The molecule has 2 heterocycles. The number of anilines is 2. The van der Waals surface area contributed by atoms with Gasteiger partial charge in [-0.15, -0.1) is 0 Å². The standard InChI is InChI=1S/C10H16N4O2/c1-5-14-9(15)7-8(13(4)10(14)16)12(3)6-11(7)2/h5-6H2,1-4H3. The van der Waals surface area contributed by atoms with E-state index in [2.05, 4.69) is 0 Å². The van der Waals surface area contributed by atoms with Crippen molar-refractivity contribution >= 4 is 11.5 Å². The van der Waals surface area contributed by atoms with E-state index in [1.165, 1.54) is 9.13 Å². The summed E-state index contributed by atoms with van der Waals surface area (Å²) in [6.07, 6.45) is 0. The van der Waals surface area contributed by atoms with Crippen LogP contribution in [0.15, 0.2) is 9.59 Å². The highest BCUT2D eigenvalue weighted by atomic mass is 16.2. The van der Waals surface area contributed by atoms with Gasteiger partial charge in [-0.1, -0.05) is 0 Å². The molecule has 16 heavy (non-hydrogen) atoms. The van der Waals surface area contributed by atoms with Crippen LogP contribution in [0, 0.1) is 0 Å². The third-order valence-electron chi connectivity index (χ3n) is 2.98. The Balaban J connectivity index is 2.89. The van der Waals surface area contributed by atoms with Crippen LogP contribution in [-0.4, -0.2) is 29.9 Å². The lowest BCUT2D eigenvalue weighted by molar-refractivity contribution is 0.626. The Labute approximate surface area is 93.3 Å². The molecular formula is C10H16N4O2. The van der Waals surface area contributed by atoms with Crippen molar-refractivity contribution in [1.29, 1.82) is 0 Å². The van der Waals surface area contributed by atoms with Crippen LogP contribution in [0.2, 0.25) is 0 Å². The minimum atomic E-state index is -0.256. The maximum atomic E-state index is 12.1. The molecule has 0 fully saturated rings. The number of fused-ring (bicyclic) bond motifs is 1. The Morgan fingerprint density at radius 3 is 2.31 bits per heavy atom. The molecule has 2 rings (SSSR count). The van der Waals surface area contributed by atoms with Crippen LogP contribution >= 0.6 is 0 Å². The van der Waals surface area contributed by atoms with Crippen LogP contribution in [0.4, 0.5) is 11.5 Å². The Kier molecular flexibility index (Phi) is 2.29.